The third-order valence-corrected chi connectivity index (χ3v) is 3.00. The molecular weight excluding hydrogens is 264 g/mol. The Morgan fingerprint density at radius 2 is 1.81 bits per heavy atom. The summed E-state index contributed by atoms with van der Waals surface area (Å²) in [5, 5.41) is 6.16. The zero-order valence-electron chi connectivity index (χ0n) is 14.5. The maximum atomic E-state index is 11.4. The highest BCUT2D eigenvalue weighted by Crippen LogP contribution is 2.06. The van der Waals surface area contributed by atoms with Crippen LogP contribution in [0, 0.1) is 0 Å². The normalized spacial score (nSPS) is 13.4. The molecule has 2 N–H and O–H groups in total. The molecule has 0 aliphatic rings. The first-order valence-corrected chi connectivity index (χ1v) is 8.20. The van der Waals surface area contributed by atoms with Gasteiger partial charge in [-0.25, -0.2) is 4.79 Å². The van der Waals surface area contributed by atoms with Crippen LogP contribution < -0.4 is 10.6 Å². The zero-order valence-corrected chi connectivity index (χ0v) is 14.5. The van der Waals surface area contributed by atoms with Crippen molar-refractivity contribution in [2.24, 2.45) is 0 Å². The zero-order chi connectivity index (χ0) is 16.1. The van der Waals surface area contributed by atoms with Gasteiger partial charge in [0.05, 0.1) is 0 Å². The van der Waals surface area contributed by atoms with Gasteiger partial charge in [0.15, 0.2) is 0 Å². The molecule has 1 amide bonds. The highest BCUT2D eigenvalue weighted by molar-refractivity contribution is 5.67. The van der Waals surface area contributed by atoms with Crippen molar-refractivity contribution in [3.63, 3.8) is 0 Å². The van der Waals surface area contributed by atoms with E-state index in [-0.39, 0.29) is 6.09 Å². The molecule has 0 spiro atoms. The van der Waals surface area contributed by atoms with E-state index in [1.165, 1.54) is 32.1 Å². The van der Waals surface area contributed by atoms with Gasteiger partial charge in [0.1, 0.15) is 5.60 Å². The number of hydrogen-bond donors (Lipinski definition) is 2. The number of carbonyl (C=O) groups is 1. The molecule has 1 unspecified atom stereocenters. The first-order valence-electron chi connectivity index (χ1n) is 8.20. The summed E-state index contributed by atoms with van der Waals surface area (Å²) in [5.41, 5.74) is -0.442. The van der Waals surface area contributed by atoms with Crippen LogP contribution in [0.3, 0.4) is 0 Å². The van der Waals surface area contributed by atoms with E-state index in [2.05, 4.69) is 24.5 Å². The average molecular weight is 298 g/mol. The SMILES string of the molecule is CCCCCCC(C)NC/C=C/CNC(=O)OC(C)(C)C. The molecule has 0 heterocycles. The number of amides is 1. The largest absolute Gasteiger partial charge is 0.444 e. The molecular formula is C17H34N2O2. The van der Waals surface area contributed by atoms with Gasteiger partial charge in [-0.05, 0) is 34.1 Å². The van der Waals surface area contributed by atoms with Gasteiger partial charge in [0.2, 0.25) is 0 Å². The van der Waals surface area contributed by atoms with Gasteiger partial charge < -0.3 is 15.4 Å². The second-order valence-corrected chi connectivity index (χ2v) is 6.51. The summed E-state index contributed by atoms with van der Waals surface area (Å²) >= 11 is 0. The molecule has 0 aromatic rings. The van der Waals surface area contributed by atoms with E-state index in [4.69, 9.17) is 4.74 Å². The number of unbranched alkanes of at least 4 members (excludes halogenated alkanes) is 3. The molecule has 124 valence electrons. The van der Waals surface area contributed by atoms with Crippen LogP contribution in [0.1, 0.15) is 66.7 Å². The molecule has 0 aromatic carbocycles. The molecule has 0 aliphatic heterocycles. The van der Waals surface area contributed by atoms with Crippen molar-refractivity contribution < 1.29 is 9.53 Å². The van der Waals surface area contributed by atoms with Crippen LogP contribution in [0.15, 0.2) is 12.2 Å². The van der Waals surface area contributed by atoms with Crippen molar-refractivity contribution in [3.8, 4) is 0 Å². The van der Waals surface area contributed by atoms with E-state index in [0.717, 1.165) is 6.54 Å². The van der Waals surface area contributed by atoms with Crippen LogP contribution in [0.2, 0.25) is 0 Å². The highest BCUT2D eigenvalue weighted by Gasteiger charge is 2.14. The molecule has 0 fully saturated rings. The lowest BCUT2D eigenvalue weighted by Gasteiger charge is -2.19. The lowest BCUT2D eigenvalue weighted by molar-refractivity contribution is 0.0534. The standard InChI is InChI=1S/C17H34N2O2/c1-6-7-8-9-12-15(2)18-13-10-11-14-19-16(20)21-17(3,4)5/h10-11,15,18H,6-9,12-14H2,1-5H3,(H,19,20)/b11-10+. The second kappa shape index (κ2) is 11.6. The topological polar surface area (TPSA) is 50.4 Å². The van der Waals surface area contributed by atoms with Crippen LogP contribution in [0.5, 0.6) is 0 Å². The summed E-state index contributed by atoms with van der Waals surface area (Å²) in [6, 6.07) is 0.547. The minimum atomic E-state index is -0.442. The van der Waals surface area contributed by atoms with Crippen LogP contribution in [0.4, 0.5) is 4.79 Å². The summed E-state index contributed by atoms with van der Waals surface area (Å²) in [4.78, 5) is 11.4. The predicted octanol–water partition coefficient (Wildman–Crippen LogP) is 4.02. The van der Waals surface area contributed by atoms with E-state index < -0.39 is 5.60 Å². The van der Waals surface area contributed by atoms with Gasteiger partial charge in [0.25, 0.3) is 0 Å². The third kappa shape index (κ3) is 15.2. The first-order chi connectivity index (χ1) is 9.85. The maximum Gasteiger partial charge on any atom is 0.407 e. The summed E-state index contributed by atoms with van der Waals surface area (Å²) in [6.45, 7) is 11.4. The molecule has 4 nitrogen and oxygen atoms in total. The van der Waals surface area contributed by atoms with Crippen molar-refractivity contribution in [2.75, 3.05) is 13.1 Å². The summed E-state index contributed by atoms with van der Waals surface area (Å²) < 4.78 is 5.15. The van der Waals surface area contributed by atoms with E-state index in [1.807, 2.05) is 32.9 Å². The molecule has 0 bridgehead atoms. The highest BCUT2D eigenvalue weighted by atomic mass is 16.6. The van der Waals surface area contributed by atoms with Crippen molar-refractivity contribution in [1.82, 2.24) is 10.6 Å². The predicted molar refractivity (Wildman–Crippen MR) is 89.6 cm³/mol. The van der Waals surface area contributed by atoms with Gasteiger partial charge in [-0.3, -0.25) is 0 Å². The quantitative estimate of drug-likeness (QED) is 0.473. The van der Waals surface area contributed by atoms with Gasteiger partial charge in [-0.1, -0.05) is 44.8 Å². The minimum Gasteiger partial charge on any atom is -0.444 e. The average Bonchev–Trinajstić information content (AvgIpc) is 2.36. The van der Waals surface area contributed by atoms with Crippen molar-refractivity contribution in [1.29, 1.82) is 0 Å². The Morgan fingerprint density at radius 3 is 2.43 bits per heavy atom. The molecule has 0 radical (unpaired) electrons. The minimum absolute atomic E-state index is 0.371. The van der Waals surface area contributed by atoms with E-state index in [0.29, 0.717) is 12.6 Å². The molecule has 0 saturated carbocycles. The number of hydrogen-bond acceptors (Lipinski definition) is 3. The Hall–Kier alpha value is -1.03. The molecule has 1 atom stereocenters. The van der Waals surface area contributed by atoms with Gasteiger partial charge in [-0.2, -0.15) is 0 Å². The Balaban J connectivity index is 3.53. The van der Waals surface area contributed by atoms with Crippen LogP contribution in [-0.4, -0.2) is 30.8 Å². The van der Waals surface area contributed by atoms with Crippen LogP contribution >= 0.6 is 0 Å². The summed E-state index contributed by atoms with van der Waals surface area (Å²) in [7, 11) is 0. The van der Waals surface area contributed by atoms with E-state index >= 15 is 0 Å². The maximum absolute atomic E-state index is 11.4. The van der Waals surface area contributed by atoms with Crippen molar-refractivity contribution in [2.45, 2.75) is 78.4 Å². The first kappa shape index (κ1) is 20.0. The lowest BCUT2D eigenvalue weighted by Crippen LogP contribution is -2.32. The number of rotatable bonds is 10. The second-order valence-electron chi connectivity index (χ2n) is 6.51. The van der Waals surface area contributed by atoms with E-state index in [1.54, 1.807) is 0 Å². The van der Waals surface area contributed by atoms with Crippen LogP contribution in [0.25, 0.3) is 0 Å². The number of ether oxygens (including phenoxy) is 1. The van der Waals surface area contributed by atoms with Gasteiger partial charge in [0, 0.05) is 19.1 Å². The number of carbonyl (C=O) groups excluding carboxylic acids is 1. The van der Waals surface area contributed by atoms with Crippen LogP contribution in [-0.2, 0) is 4.74 Å². The fraction of sp³-hybridized carbons (Fsp3) is 0.824. The van der Waals surface area contributed by atoms with E-state index in [9.17, 15) is 4.79 Å². The Bertz CT molecular complexity index is 296. The molecule has 21 heavy (non-hydrogen) atoms. The monoisotopic (exact) mass is 298 g/mol. The Kier molecular flexibility index (Phi) is 11.0. The van der Waals surface area contributed by atoms with Crippen molar-refractivity contribution in [3.05, 3.63) is 12.2 Å². The molecule has 0 saturated heterocycles. The molecule has 0 rings (SSSR count). The molecule has 0 aliphatic carbocycles. The Labute approximate surface area is 130 Å². The van der Waals surface area contributed by atoms with Gasteiger partial charge in [-0.15, -0.1) is 0 Å². The fourth-order valence-corrected chi connectivity index (χ4v) is 1.87. The number of alkyl carbamates (subject to hydrolysis) is 1. The molecule has 0 aromatic heterocycles. The van der Waals surface area contributed by atoms with Crippen molar-refractivity contribution >= 4 is 6.09 Å². The summed E-state index contributed by atoms with van der Waals surface area (Å²) in [5.74, 6) is 0. The number of nitrogens with one attached hydrogen (secondary N) is 2. The lowest BCUT2D eigenvalue weighted by atomic mass is 10.1. The Morgan fingerprint density at radius 1 is 1.14 bits per heavy atom. The third-order valence-electron chi connectivity index (χ3n) is 3.00. The molecule has 4 heteroatoms. The van der Waals surface area contributed by atoms with Gasteiger partial charge >= 0.3 is 6.09 Å². The summed E-state index contributed by atoms with van der Waals surface area (Å²) in [6.07, 6.45) is 10.1. The fourth-order valence-electron chi connectivity index (χ4n) is 1.87. The smallest absolute Gasteiger partial charge is 0.407 e.